The van der Waals surface area contributed by atoms with E-state index in [1.807, 2.05) is 25.1 Å². The molecule has 0 amide bonds. The lowest BCUT2D eigenvalue weighted by Gasteiger charge is -2.05. The van der Waals surface area contributed by atoms with Crippen LogP contribution in [-0.4, -0.2) is 38.6 Å². The number of benzene rings is 1. The number of hydrogen-bond acceptors (Lipinski definition) is 5. The highest BCUT2D eigenvalue weighted by molar-refractivity contribution is 7.99. The van der Waals surface area contributed by atoms with E-state index in [1.165, 1.54) is 17.8 Å². The number of H-pyrrole nitrogens is 1. The molecular weight excluding hydrogens is 290 g/mol. The maximum absolute atomic E-state index is 10.5. The van der Waals surface area contributed by atoms with Crippen LogP contribution in [0.1, 0.15) is 11.4 Å². The number of nitrogens with one attached hydrogen (secondary N) is 1. The van der Waals surface area contributed by atoms with Gasteiger partial charge < -0.3 is 9.84 Å². The molecule has 0 saturated heterocycles. The Labute approximate surface area is 126 Å². The van der Waals surface area contributed by atoms with E-state index in [2.05, 4.69) is 15.2 Å². The van der Waals surface area contributed by atoms with Gasteiger partial charge in [0.05, 0.1) is 6.61 Å². The molecule has 7 heteroatoms. The van der Waals surface area contributed by atoms with E-state index < -0.39 is 5.97 Å². The molecule has 0 aliphatic heterocycles. The van der Waals surface area contributed by atoms with E-state index in [1.54, 1.807) is 6.07 Å². The third-order valence-corrected chi connectivity index (χ3v) is 3.25. The number of ether oxygens (including phenoxy) is 1. The number of carbonyl (C=O) groups is 1. The number of aromatic amines is 1. The third kappa shape index (κ3) is 5.31. The first kappa shape index (κ1) is 15.1. The van der Waals surface area contributed by atoms with Crippen LogP contribution in [0.15, 0.2) is 35.5 Å². The second-order valence-electron chi connectivity index (χ2n) is 4.14. The maximum Gasteiger partial charge on any atom is 0.328 e. The molecule has 0 radical (unpaired) electrons. The van der Waals surface area contributed by atoms with Gasteiger partial charge in [-0.1, -0.05) is 23.9 Å². The van der Waals surface area contributed by atoms with Crippen molar-refractivity contribution in [2.75, 3.05) is 12.4 Å². The van der Waals surface area contributed by atoms with Crippen LogP contribution in [0.4, 0.5) is 0 Å². The van der Waals surface area contributed by atoms with Gasteiger partial charge in [0.2, 0.25) is 5.16 Å². The highest BCUT2D eigenvalue weighted by Crippen LogP contribution is 2.16. The summed E-state index contributed by atoms with van der Waals surface area (Å²) in [5, 5.41) is 16.1. The number of carboxylic acids is 1. The third-order valence-electron chi connectivity index (χ3n) is 2.44. The second-order valence-corrected chi connectivity index (χ2v) is 5.21. The second kappa shape index (κ2) is 7.49. The van der Waals surface area contributed by atoms with Crippen LogP contribution in [-0.2, 0) is 4.79 Å². The van der Waals surface area contributed by atoms with E-state index in [9.17, 15) is 4.79 Å². The van der Waals surface area contributed by atoms with Crippen molar-refractivity contribution < 1.29 is 14.6 Å². The van der Waals surface area contributed by atoms with Gasteiger partial charge in [-0.3, -0.25) is 5.10 Å². The molecule has 6 nitrogen and oxygen atoms in total. The topological polar surface area (TPSA) is 88.1 Å². The summed E-state index contributed by atoms with van der Waals surface area (Å²) in [7, 11) is 0. The van der Waals surface area contributed by atoms with E-state index in [-0.39, 0.29) is 0 Å². The lowest BCUT2D eigenvalue weighted by molar-refractivity contribution is -0.131. The predicted molar refractivity (Wildman–Crippen MR) is 80.5 cm³/mol. The van der Waals surface area contributed by atoms with E-state index in [4.69, 9.17) is 9.84 Å². The minimum Gasteiger partial charge on any atom is -0.493 e. The quantitative estimate of drug-likeness (QED) is 0.464. The van der Waals surface area contributed by atoms with Crippen LogP contribution in [0, 0.1) is 6.92 Å². The highest BCUT2D eigenvalue weighted by atomic mass is 32.2. The van der Waals surface area contributed by atoms with Crippen LogP contribution < -0.4 is 4.74 Å². The SMILES string of the molecule is Cc1nc(SCCOc2cccc(C=CC(=O)O)c2)n[nH]1. The molecule has 0 bridgehead atoms. The molecule has 0 unspecified atom stereocenters. The van der Waals surface area contributed by atoms with E-state index >= 15 is 0 Å². The molecule has 2 N–H and O–H groups in total. The Morgan fingerprint density at radius 2 is 2.38 bits per heavy atom. The van der Waals surface area contributed by atoms with Crippen molar-refractivity contribution in [2.45, 2.75) is 12.1 Å². The van der Waals surface area contributed by atoms with Crippen molar-refractivity contribution in [3.8, 4) is 5.75 Å². The van der Waals surface area contributed by atoms with Crippen LogP contribution >= 0.6 is 11.8 Å². The van der Waals surface area contributed by atoms with Crippen LogP contribution in [0.5, 0.6) is 5.75 Å². The van der Waals surface area contributed by atoms with Gasteiger partial charge in [0.1, 0.15) is 11.6 Å². The van der Waals surface area contributed by atoms with Gasteiger partial charge in [0, 0.05) is 11.8 Å². The molecule has 1 heterocycles. The standard InChI is InChI=1S/C14H15N3O3S/c1-10-15-14(17-16-10)21-8-7-20-12-4-2-3-11(9-12)5-6-13(18)19/h2-6,9H,7-8H2,1H3,(H,18,19)(H,15,16,17). The molecule has 0 aliphatic rings. The number of hydrogen-bond donors (Lipinski definition) is 2. The molecule has 21 heavy (non-hydrogen) atoms. The normalized spacial score (nSPS) is 10.9. The van der Waals surface area contributed by atoms with Gasteiger partial charge in [-0.25, -0.2) is 9.78 Å². The van der Waals surface area contributed by atoms with Gasteiger partial charge in [-0.2, -0.15) is 0 Å². The molecule has 0 saturated carbocycles. The molecule has 2 aromatic rings. The zero-order chi connectivity index (χ0) is 15.1. The molecule has 0 fully saturated rings. The summed E-state index contributed by atoms with van der Waals surface area (Å²) >= 11 is 1.51. The Morgan fingerprint density at radius 3 is 3.10 bits per heavy atom. The first-order valence-electron chi connectivity index (χ1n) is 6.29. The summed E-state index contributed by atoms with van der Waals surface area (Å²) in [4.78, 5) is 14.7. The molecule has 1 aromatic heterocycles. The first-order valence-corrected chi connectivity index (χ1v) is 7.28. The predicted octanol–water partition coefficient (Wildman–Crippen LogP) is 2.38. The zero-order valence-electron chi connectivity index (χ0n) is 11.4. The molecule has 0 atom stereocenters. The van der Waals surface area contributed by atoms with Gasteiger partial charge in [-0.05, 0) is 30.7 Å². The van der Waals surface area contributed by atoms with Crippen LogP contribution in [0.2, 0.25) is 0 Å². The van der Waals surface area contributed by atoms with Crippen molar-refractivity contribution in [3.05, 3.63) is 41.7 Å². The number of aliphatic carboxylic acids is 1. The number of aryl methyl sites for hydroxylation is 1. The summed E-state index contributed by atoms with van der Waals surface area (Å²) in [6, 6.07) is 7.26. The Morgan fingerprint density at radius 1 is 1.52 bits per heavy atom. The molecule has 0 spiro atoms. The molecule has 1 aromatic carbocycles. The molecule has 2 rings (SSSR count). The summed E-state index contributed by atoms with van der Waals surface area (Å²) in [5.74, 6) is 1.25. The highest BCUT2D eigenvalue weighted by Gasteiger charge is 2.01. The van der Waals surface area contributed by atoms with Crippen molar-refractivity contribution in [1.29, 1.82) is 0 Å². The minimum atomic E-state index is -0.973. The van der Waals surface area contributed by atoms with Crippen molar-refractivity contribution >= 4 is 23.8 Å². The van der Waals surface area contributed by atoms with Gasteiger partial charge in [-0.15, -0.1) is 5.10 Å². The van der Waals surface area contributed by atoms with Crippen LogP contribution in [0.25, 0.3) is 6.08 Å². The average molecular weight is 305 g/mol. The summed E-state index contributed by atoms with van der Waals surface area (Å²) in [5.41, 5.74) is 0.784. The number of carboxylic acid groups (broad SMARTS) is 1. The Hall–Kier alpha value is -2.28. The summed E-state index contributed by atoms with van der Waals surface area (Å²) in [6.45, 7) is 2.37. The Balaban J connectivity index is 1.80. The number of rotatable bonds is 7. The van der Waals surface area contributed by atoms with Crippen molar-refractivity contribution in [3.63, 3.8) is 0 Å². The lowest BCUT2D eigenvalue weighted by Crippen LogP contribution is -2.00. The maximum atomic E-state index is 10.5. The number of thioether (sulfide) groups is 1. The molecule has 110 valence electrons. The van der Waals surface area contributed by atoms with E-state index in [0.29, 0.717) is 17.5 Å². The summed E-state index contributed by atoms with van der Waals surface area (Å²) in [6.07, 6.45) is 2.63. The fraction of sp³-hybridized carbons (Fsp3) is 0.214. The lowest BCUT2D eigenvalue weighted by atomic mass is 10.2. The molecule has 0 aliphatic carbocycles. The van der Waals surface area contributed by atoms with E-state index in [0.717, 1.165) is 23.2 Å². The van der Waals surface area contributed by atoms with Crippen molar-refractivity contribution in [2.24, 2.45) is 0 Å². The van der Waals surface area contributed by atoms with Gasteiger partial charge >= 0.3 is 5.97 Å². The largest absolute Gasteiger partial charge is 0.493 e. The fourth-order valence-electron chi connectivity index (χ4n) is 1.55. The number of aromatic nitrogens is 3. The average Bonchev–Trinajstić information content (AvgIpc) is 2.87. The monoisotopic (exact) mass is 305 g/mol. The van der Waals surface area contributed by atoms with Gasteiger partial charge in [0.15, 0.2) is 0 Å². The number of nitrogens with zero attached hydrogens (tertiary/aromatic N) is 2. The first-order chi connectivity index (χ1) is 10.1. The van der Waals surface area contributed by atoms with Crippen LogP contribution in [0.3, 0.4) is 0 Å². The zero-order valence-corrected chi connectivity index (χ0v) is 12.3. The smallest absolute Gasteiger partial charge is 0.328 e. The van der Waals surface area contributed by atoms with Crippen molar-refractivity contribution in [1.82, 2.24) is 15.2 Å². The summed E-state index contributed by atoms with van der Waals surface area (Å²) < 4.78 is 5.61. The Kier molecular flexibility index (Phi) is 5.39. The molecular formula is C14H15N3O3S. The fourth-order valence-corrected chi connectivity index (χ4v) is 2.22. The van der Waals surface area contributed by atoms with Gasteiger partial charge in [0.25, 0.3) is 0 Å². The minimum absolute atomic E-state index is 0.518. The Bertz CT molecular complexity index is 640.